The molecule has 0 unspecified atom stereocenters. The van der Waals surface area contributed by atoms with Gasteiger partial charge in [0.2, 0.25) is 0 Å². The van der Waals surface area contributed by atoms with Crippen molar-refractivity contribution in [2.75, 3.05) is 7.11 Å². The summed E-state index contributed by atoms with van der Waals surface area (Å²) in [5, 5.41) is 1.02. The summed E-state index contributed by atoms with van der Waals surface area (Å²) in [5.74, 6) is 0.771. The molecule has 0 saturated carbocycles. The number of benzene rings is 1. The van der Waals surface area contributed by atoms with E-state index in [1.54, 1.807) is 13.3 Å². The van der Waals surface area contributed by atoms with Crippen LogP contribution in [-0.4, -0.2) is 30.4 Å². The van der Waals surface area contributed by atoms with E-state index in [-0.39, 0.29) is 11.2 Å². The van der Waals surface area contributed by atoms with Crippen molar-refractivity contribution >= 4 is 23.5 Å². The Hall–Kier alpha value is -1.59. The highest BCUT2D eigenvalue weighted by Gasteiger charge is 2.51. The van der Waals surface area contributed by atoms with Crippen molar-refractivity contribution in [3.8, 4) is 5.75 Å². The Bertz CT molecular complexity index is 668. The molecular weight excluding hydrogens is 265 g/mol. The molecule has 1 aromatic heterocycles. The second-order valence-corrected chi connectivity index (χ2v) is 6.39. The maximum atomic E-state index is 6.06. The molecule has 1 saturated heterocycles. The van der Waals surface area contributed by atoms with Gasteiger partial charge in [-0.25, -0.2) is 0 Å². The third-order valence-electron chi connectivity index (χ3n) is 4.44. The number of hydrogen-bond acceptors (Lipinski definition) is 4. The van der Waals surface area contributed by atoms with Crippen LogP contribution in [0.4, 0.5) is 0 Å². The van der Waals surface area contributed by atoms with Crippen molar-refractivity contribution in [3.63, 3.8) is 0 Å². The van der Waals surface area contributed by atoms with Crippen LogP contribution in [0.5, 0.6) is 5.75 Å². The lowest BCUT2D eigenvalue weighted by Crippen LogP contribution is -2.41. The fourth-order valence-electron chi connectivity index (χ4n) is 2.42. The number of ether oxygens (including phenoxy) is 1. The minimum Gasteiger partial charge on any atom is -0.494 e. The summed E-state index contributed by atoms with van der Waals surface area (Å²) in [4.78, 5) is 4.51. The molecule has 2 aromatic rings. The van der Waals surface area contributed by atoms with Gasteiger partial charge in [-0.2, -0.15) is 0 Å². The number of rotatable bonds is 2. The van der Waals surface area contributed by atoms with Gasteiger partial charge in [0.15, 0.2) is 0 Å². The molecule has 0 amide bonds. The first-order chi connectivity index (χ1) is 9.84. The van der Waals surface area contributed by atoms with Crippen molar-refractivity contribution in [2.24, 2.45) is 0 Å². The molecule has 0 bridgehead atoms. The molecule has 3 rings (SSSR count). The quantitative estimate of drug-likeness (QED) is 0.795. The molecule has 1 fully saturated rings. The van der Waals surface area contributed by atoms with Crippen LogP contribution in [0.1, 0.15) is 27.7 Å². The molecule has 5 heteroatoms. The van der Waals surface area contributed by atoms with Gasteiger partial charge in [-0.3, -0.25) is 4.98 Å². The van der Waals surface area contributed by atoms with E-state index in [2.05, 4.69) is 4.98 Å². The van der Waals surface area contributed by atoms with E-state index in [9.17, 15) is 0 Å². The molecule has 0 spiro atoms. The number of methoxy groups -OCH3 is 1. The zero-order valence-corrected chi connectivity index (χ0v) is 13.1. The van der Waals surface area contributed by atoms with E-state index >= 15 is 0 Å². The van der Waals surface area contributed by atoms with Gasteiger partial charge in [-0.15, -0.1) is 0 Å². The second-order valence-electron chi connectivity index (χ2n) is 6.39. The fraction of sp³-hybridized carbons (Fsp3) is 0.438. The highest BCUT2D eigenvalue weighted by Crippen LogP contribution is 2.36. The average Bonchev–Trinajstić information content (AvgIpc) is 2.66. The first-order valence-electron chi connectivity index (χ1n) is 7.12. The Morgan fingerprint density at radius 3 is 2.38 bits per heavy atom. The Morgan fingerprint density at radius 2 is 1.76 bits per heavy atom. The van der Waals surface area contributed by atoms with Crippen LogP contribution in [-0.2, 0) is 9.31 Å². The zero-order chi connectivity index (χ0) is 15.3. The first kappa shape index (κ1) is 14.4. The first-order valence-corrected chi connectivity index (χ1v) is 7.12. The van der Waals surface area contributed by atoms with Gasteiger partial charge in [0.1, 0.15) is 11.3 Å². The third-order valence-corrected chi connectivity index (χ3v) is 4.44. The third kappa shape index (κ3) is 2.30. The lowest BCUT2D eigenvalue weighted by atomic mass is 9.80. The molecule has 0 radical (unpaired) electrons. The maximum absolute atomic E-state index is 6.06. The van der Waals surface area contributed by atoms with Gasteiger partial charge in [0.25, 0.3) is 0 Å². The molecule has 0 aliphatic carbocycles. The van der Waals surface area contributed by atoms with E-state index in [1.807, 2.05) is 52.0 Å². The summed E-state index contributed by atoms with van der Waals surface area (Å²) in [6.07, 6.45) is 1.80. The smallest absolute Gasteiger partial charge is 0.494 e. The van der Waals surface area contributed by atoms with Crippen molar-refractivity contribution in [2.45, 2.75) is 38.9 Å². The average molecular weight is 285 g/mol. The Kier molecular flexibility index (Phi) is 3.22. The van der Waals surface area contributed by atoms with E-state index in [1.165, 1.54) is 0 Å². The monoisotopic (exact) mass is 285 g/mol. The van der Waals surface area contributed by atoms with E-state index in [0.717, 1.165) is 22.1 Å². The van der Waals surface area contributed by atoms with Gasteiger partial charge in [0, 0.05) is 17.0 Å². The van der Waals surface area contributed by atoms with Crippen molar-refractivity contribution in [1.29, 1.82) is 0 Å². The summed E-state index contributed by atoms with van der Waals surface area (Å²) in [6, 6.07) is 7.92. The summed E-state index contributed by atoms with van der Waals surface area (Å²) < 4.78 is 17.5. The van der Waals surface area contributed by atoms with Crippen LogP contribution >= 0.6 is 0 Å². The molecular formula is C16H20BNO3. The molecule has 1 aliphatic heterocycles. The topological polar surface area (TPSA) is 40.6 Å². The van der Waals surface area contributed by atoms with Gasteiger partial charge in [-0.1, -0.05) is 18.2 Å². The predicted molar refractivity (Wildman–Crippen MR) is 84.0 cm³/mol. The lowest BCUT2D eigenvalue weighted by Gasteiger charge is -2.32. The van der Waals surface area contributed by atoms with E-state index < -0.39 is 7.12 Å². The number of aromatic nitrogens is 1. The minimum absolute atomic E-state index is 0.346. The van der Waals surface area contributed by atoms with Gasteiger partial charge >= 0.3 is 7.12 Å². The van der Waals surface area contributed by atoms with Crippen molar-refractivity contribution in [3.05, 3.63) is 30.5 Å². The highest BCUT2D eigenvalue weighted by atomic mass is 16.7. The summed E-state index contributed by atoms with van der Waals surface area (Å²) in [5.41, 5.74) is 1.08. The number of hydrogen-bond donors (Lipinski definition) is 0. The Morgan fingerprint density at radius 1 is 1.10 bits per heavy atom. The van der Waals surface area contributed by atoms with Crippen molar-refractivity contribution in [1.82, 2.24) is 4.98 Å². The zero-order valence-electron chi connectivity index (χ0n) is 13.1. The van der Waals surface area contributed by atoms with Gasteiger partial charge in [-0.05, 0) is 33.8 Å². The largest absolute Gasteiger partial charge is 0.496 e. The molecule has 110 valence electrons. The fourth-order valence-corrected chi connectivity index (χ4v) is 2.42. The molecule has 2 heterocycles. The van der Waals surface area contributed by atoms with Gasteiger partial charge in [0.05, 0.1) is 18.3 Å². The highest BCUT2D eigenvalue weighted by molar-refractivity contribution is 6.62. The standard InChI is InChI=1S/C16H20BNO3/c1-15(2)16(3,4)21-17(20-15)12-9-11-7-6-8-13(19-5)14(11)18-10-12/h6-10H,1-5H3. The SMILES string of the molecule is COc1cccc2cc(B3OC(C)(C)C(C)(C)O3)cnc12. The van der Waals surface area contributed by atoms with Crippen LogP contribution in [0.3, 0.4) is 0 Å². The van der Waals surface area contributed by atoms with Crippen LogP contribution < -0.4 is 10.2 Å². The van der Waals surface area contributed by atoms with E-state index in [4.69, 9.17) is 14.0 Å². The van der Waals surface area contributed by atoms with Crippen LogP contribution in [0.15, 0.2) is 30.5 Å². The van der Waals surface area contributed by atoms with Gasteiger partial charge < -0.3 is 14.0 Å². The number of fused-ring (bicyclic) bond motifs is 1. The second kappa shape index (κ2) is 4.72. The summed E-state index contributed by atoms with van der Waals surface area (Å²) >= 11 is 0. The molecule has 1 aliphatic rings. The Labute approximate surface area is 125 Å². The molecule has 1 aromatic carbocycles. The predicted octanol–water partition coefficient (Wildman–Crippen LogP) is 2.54. The Balaban J connectivity index is 2.00. The van der Waals surface area contributed by atoms with Crippen LogP contribution in [0.25, 0.3) is 10.9 Å². The molecule has 0 N–H and O–H groups in total. The minimum atomic E-state index is -0.391. The molecule has 0 atom stereocenters. The maximum Gasteiger partial charge on any atom is 0.496 e. The van der Waals surface area contributed by atoms with Crippen LogP contribution in [0, 0.1) is 0 Å². The molecule has 21 heavy (non-hydrogen) atoms. The van der Waals surface area contributed by atoms with Crippen LogP contribution in [0.2, 0.25) is 0 Å². The lowest BCUT2D eigenvalue weighted by molar-refractivity contribution is 0.00578. The number of para-hydroxylation sites is 1. The molecule has 4 nitrogen and oxygen atoms in total. The van der Waals surface area contributed by atoms with E-state index in [0.29, 0.717) is 0 Å². The number of pyridine rings is 1. The van der Waals surface area contributed by atoms with Crippen molar-refractivity contribution < 1.29 is 14.0 Å². The summed E-state index contributed by atoms with van der Waals surface area (Å²) in [6.45, 7) is 8.18. The normalized spacial score (nSPS) is 20.0. The summed E-state index contributed by atoms with van der Waals surface area (Å²) in [7, 11) is 1.26. The number of nitrogens with zero attached hydrogens (tertiary/aromatic N) is 1.